The van der Waals surface area contributed by atoms with Gasteiger partial charge in [-0.05, 0) is 25.0 Å². The number of nitrogens with zero attached hydrogens (tertiary/aromatic N) is 2. The van der Waals surface area contributed by atoms with Crippen molar-refractivity contribution in [3.63, 3.8) is 0 Å². The lowest BCUT2D eigenvalue weighted by atomic mass is 10.0. The zero-order chi connectivity index (χ0) is 12.3. The monoisotopic (exact) mass is 230 g/mol. The number of aromatic nitrogens is 3. The minimum absolute atomic E-state index is 0.0552. The zero-order valence-corrected chi connectivity index (χ0v) is 9.77. The van der Waals surface area contributed by atoms with Crippen molar-refractivity contribution in [2.24, 2.45) is 0 Å². The molecule has 1 aromatic carbocycles. The summed E-state index contributed by atoms with van der Waals surface area (Å²) in [5.74, 6) is -0.227. The van der Waals surface area contributed by atoms with Crippen LogP contribution in [0.3, 0.4) is 0 Å². The molecule has 0 spiro atoms. The molecule has 2 aromatic rings. The first kappa shape index (κ1) is 11.3. The molecule has 1 aromatic heterocycles. The smallest absolute Gasteiger partial charge is 0.273 e. The van der Waals surface area contributed by atoms with Crippen molar-refractivity contribution < 1.29 is 4.79 Å². The standard InChI is InChI=1S/C12H14N4O/c1-8-5-3-4-6-10(8)9(2)14-12(17)11-7-13-16-15-11/h3-7,9H,1-2H3,(H,14,17)(H,13,15,16). The third kappa shape index (κ3) is 2.50. The maximum Gasteiger partial charge on any atom is 0.273 e. The molecule has 0 aliphatic rings. The van der Waals surface area contributed by atoms with E-state index in [9.17, 15) is 4.79 Å². The van der Waals surface area contributed by atoms with Crippen molar-refractivity contribution in [2.45, 2.75) is 19.9 Å². The summed E-state index contributed by atoms with van der Waals surface area (Å²) in [5, 5.41) is 12.6. The number of aromatic amines is 1. The molecule has 2 N–H and O–H groups in total. The largest absolute Gasteiger partial charge is 0.344 e. The van der Waals surface area contributed by atoms with Crippen LogP contribution >= 0.6 is 0 Å². The highest BCUT2D eigenvalue weighted by molar-refractivity contribution is 5.92. The Kier molecular flexibility index (Phi) is 3.18. The summed E-state index contributed by atoms with van der Waals surface area (Å²) in [6.07, 6.45) is 1.40. The highest BCUT2D eigenvalue weighted by atomic mass is 16.2. The average molecular weight is 230 g/mol. The second kappa shape index (κ2) is 4.78. The SMILES string of the molecule is Cc1ccccc1C(C)NC(=O)c1cn[nH]n1. The van der Waals surface area contributed by atoms with Crippen LogP contribution in [0.4, 0.5) is 0 Å². The van der Waals surface area contributed by atoms with Gasteiger partial charge in [0.15, 0.2) is 5.69 Å². The maximum atomic E-state index is 11.8. The first-order valence-corrected chi connectivity index (χ1v) is 5.40. The first-order chi connectivity index (χ1) is 8.18. The van der Waals surface area contributed by atoms with Gasteiger partial charge in [0, 0.05) is 0 Å². The van der Waals surface area contributed by atoms with E-state index in [2.05, 4.69) is 20.7 Å². The van der Waals surface area contributed by atoms with E-state index in [0.29, 0.717) is 5.69 Å². The number of carbonyl (C=O) groups excluding carboxylic acids is 1. The first-order valence-electron chi connectivity index (χ1n) is 5.40. The average Bonchev–Trinajstić information content (AvgIpc) is 2.82. The number of aryl methyl sites for hydroxylation is 1. The molecule has 0 saturated heterocycles. The van der Waals surface area contributed by atoms with E-state index in [0.717, 1.165) is 11.1 Å². The molecule has 0 saturated carbocycles. The van der Waals surface area contributed by atoms with Crippen molar-refractivity contribution >= 4 is 5.91 Å². The second-order valence-electron chi connectivity index (χ2n) is 3.91. The van der Waals surface area contributed by atoms with Crippen LogP contribution in [0.2, 0.25) is 0 Å². The number of hydrogen-bond acceptors (Lipinski definition) is 3. The zero-order valence-electron chi connectivity index (χ0n) is 9.77. The summed E-state index contributed by atoms with van der Waals surface area (Å²) in [7, 11) is 0. The maximum absolute atomic E-state index is 11.8. The lowest BCUT2D eigenvalue weighted by molar-refractivity contribution is 0.0934. The van der Waals surface area contributed by atoms with E-state index >= 15 is 0 Å². The van der Waals surface area contributed by atoms with E-state index in [-0.39, 0.29) is 11.9 Å². The molecule has 5 heteroatoms. The minimum Gasteiger partial charge on any atom is -0.344 e. The van der Waals surface area contributed by atoms with Crippen molar-refractivity contribution in [1.82, 2.24) is 20.7 Å². The number of carbonyl (C=O) groups is 1. The van der Waals surface area contributed by atoms with Crippen LogP contribution in [0.25, 0.3) is 0 Å². The van der Waals surface area contributed by atoms with Gasteiger partial charge in [0.05, 0.1) is 12.2 Å². The van der Waals surface area contributed by atoms with Gasteiger partial charge in [-0.2, -0.15) is 15.4 Å². The van der Waals surface area contributed by atoms with E-state index in [1.807, 2.05) is 38.1 Å². The van der Waals surface area contributed by atoms with Gasteiger partial charge in [-0.1, -0.05) is 24.3 Å². The minimum atomic E-state index is -0.227. The summed E-state index contributed by atoms with van der Waals surface area (Å²) in [4.78, 5) is 11.8. The number of hydrogen-bond donors (Lipinski definition) is 2. The molecule has 5 nitrogen and oxygen atoms in total. The lowest BCUT2D eigenvalue weighted by Crippen LogP contribution is -2.27. The molecule has 0 aliphatic carbocycles. The third-order valence-electron chi connectivity index (χ3n) is 2.65. The Morgan fingerprint density at radius 3 is 2.82 bits per heavy atom. The summed E-state index contributed by atoms with van der Waals surface area (Å²) < 4.78 is 0. The van der Waals surface area contributed by atoms with Crippen LogP contribution in [-0.4, -0.2) is 21.3 Å². The number of rotatable bonds is 3. The van der Waals surface area contributed by atoms with Crippen molar-refractivity contribution in [2.75, 3.05) is 0 Å². The molecule has 1 amide bonds. The van der Waals surface area contributed by atoms with Crippen LogP contribution < -0.4 is 5.32 Å². The van der Waals surface area contributed by atoms with Gasteiger partial charge in [0.2, 0.25) is 0 Å². The molecule has 17 heavy (non-hydrogen) atoms. The lowest BCUT2D eigenvalue weighted by Gasteiger charge is -2.15. The Morgan fingerprint density at radius 1 is 1.41 bits per heavy atom. The van der Waals surface area contributed by atoms with Gasteiger partial charge in [-0.3, -0.25) is 4.79 Å². The van der Waals surface area contributed by atoms with Crippen LogP contribution in [-0.2, 0) is 0 Å². The molecule has 0 bridgehead atoms. The molecule has 0 radical (unpaired) electrons. The number of H-pyrrole nitrogens is 1. The fraction of sp³-hybridized carbons (Fsp3) is 0.250. The van der Waals surface area contributed by atoms with Gasteiger partial charge in [0.1, 0.15) is 0 Å². The van der Waals surface area contributed by atoms with E-state index in [4.69, 9.17) is 0 Å². The van der Waals surface area contributed by atoms with Crippen molar-refractivity contribution in [1.29, 1.82) is 0 Å². The molecular weight excluding hydrogens is 216 g/mol. The van der Waals surface area contributed by atoms with Crippen molar-refractivity contribution in [3.8, 4) is 0 Å². The third-order valence-corrected chi connectivity index (χ3v) is 2.65. The van der Waals surface area contributed by atoms with E-state index in [1.165, 1.54) is 6.20 Å². The molecule has 2 rings (SSSR count). The molecule has 1 unspecified atom stereocenters. The van der Waals surface area contributed by atoms with Crippen LogP contribution in [0.1, 0.15) is 34.6 Å². The fourth-order valence-corrected chi connectivity index (χ4v) is 1.73. The molecular formula is C12H14N4O. The Balaban J connectivity index is 2.10. The van der Waals surface area contributed by atoms with Gasteiger partial charge >= 0.3 is 0 Å². The summed E-state index contributed by atoms with van der Waals surface area (Å²) in [6, 6.07) is 7.91. The molecule has 88 valence electrons. The number of benzene rings is 1. The van der Waals surface area contributed by atoms with Gasteiger partial charge < -0.3 is 5.32 Å². The van der Waals surface area contributed by atoms with E-state index < -0.39 is 0 Å². The Morgan fingerprint density at radius 2 is 2.18 bits per heavy atom. The predicted octanol–water partition coefficient (Wildman–Crippen LogP) is 1.60. The van der Waals surface area contributed by atoms with Gasteiger partial charge in [-0.15, -0.1) is 0 Å². The quantitative estimate of drug-likeness (QED) is 0.841. The highest BCUT2D eigenvalue weighted by Gasteiger charge is 2.14. The normalized spacial score (nSPS) is 12.1. The van der Waals surface area contributed by atoms with Gasteiger partial charge in [-0.25, -0.2) is 0 Å². The summed E-state index contributed by atoms with van der Waals surface area (Å²) >= 11 is 0. The van der Waals surface area contributed by atoms with Crippen LogP contribution in [0.15, 0.2) is 30.5 Å². The van der Waals surface area contributed by atoms with Crippen LogP contribution in [0.5, 0.6) is 0 Å². The molecule has 1 heterocycles. The second-order valence-corrected chi connectivity index (χ2v) is 3.91. The van der Waals surface area contributed by atoms with E-state index in [1.54, 1.807) is 0 Å². The summed E-state index contributed by atoms with van der Waals surface area (Å²) in [6.45, 7) is 3.97. The Labute approximate surface area is 99.2 Å². The fourth-order valence-electron chi connectivity index (χ4n) is 1.73. The highest BCUT2D eigenvalue weighted by Crippen LogP contribution is 2.16. The molecule has 0 fully saturated rings. The topological polar surface area (TPSA) is 70.7 Å². The number of amides is 1. The van der Waals surface area contributed by atoms with Crippen LogP contribution in [0, 0.1) is 6.92 Å². The predicted molar refractivity (Wildman–Crippen MR) is 63.4 cm³/mol. The Bertz CT molecular complexity index is 507. The molecule has 0 aliphatic heterocycles. The molecule has 1 atom stereocenters. The van der Waals surface area contributed by atoms with Crippen molar-refractivity contribution in [3.05, 3.63) is 47.3 Å². The number of nitrogens with one attached hydrogen (secondary N) is 2. The van der Waals surface area contributed by atoms with Gasteiger partial charge in [0.25, 0.3) is 5.91 Å². The Hall–Kier alpha value is -2.17. The summed E-state index contributed by atoms with van der Waals surface area (Å²) in [5.41, 5.74) is 2.55.